The molecule has 15 heteroatoms. The number of aliphatic hydroxyl groups is 3. The zero-order valence-corrected chi connectivity index (χ0v) is 20.0. The number of aliphatic carboxylic acids is 1. The van der Waals surface area contributed by atoms with Crippen molar-refractivity contribution >= 4 is 29.6 Å². The summed E-state index contributed by atoms with van der Waals surface area (Å²) in [6, 6.07) is -3.68. The Morgan fingerprint density at radius 3 is 2.25 bits per heavy atom. The van der Waals surface area contributed by atoms with Crippen LogP contribution in [-0.2, 0) is 33.4 Å². The van der Waals surface area contributed by atoms with E-state index in [4.69, 9.17) is 20.3 Å². The van der Waals surface area contributed by atoms with Crippen molar-refractivity contribution in [2.45, 2.75) is 88.4 Å². The SMILES string of the molecule is C[C@H](NC(=O)[C@@H](C)O[C@H]1[C@H](O)[C@@H](CO)OC(O)[C@@H]1NC(=O)C1CC1)C(=O)N[C@H](CCC(=O)O)C(N)=O. The van der Waals surface area contributed by atoms with Crippen LogP contribution in [0.1, 0.15) is 39.5 Å². The predicted octanol–water partition coefficient (Wildman–Crippen LogP) is -3.94. The van der Waals surface area contributed by atoms with Crippen LogP contribution < -0.4 is 21.7 Å². The normalized spacial score (nSPS) is 28.3. The second-order valence-electron chi connectivity index (χ2n) is 8.92. The molecule has 0 aromatic rings. The Morgan fingerprint density at radius 2 is 1.72 bits per heavy atom. The van der Waals surface area contributed by atoms with Crippen LogP contribution in [-0.4, -0.2) is 105 Å². The van der Waals surface area contributed by atoms with Crippen LogP contribution >= 0.6 is 0 Å². The number of primary amides is 1. The van der Waals surface area contributed by atoms with Gasteiger partial charge in [-0.25, -0.2) is 0 Å². The minimum Gasteiger partial charge on any atom is -0.481 e. The predicted molar refractivity (Wildman–Crippen MR) is 119 cm³/mol. The third-order valence-corrected chi connectivity index (χ3v) is 5.92. The highest BCUT2D eigenvalue weighted by Gasteiger charge is 2.48. The van der Waals surface area contributed by atoms with Gasteiger partial charge >= 0.3 is 5.97 Å². The Hall–Kier alpha value is -2.85. The van der Waals surface area contributed by atoms with Gasteiger partial charge in [-0.15, -0.1) is 0 Å². The van der Waals surface area contributed by atoms with E-state index in [2.05, 4.69) is 16.0 Å². The third kappa shape index (κ3) is 8.09. The number of amides is 4. The largest absolute Gasteiger partial charge is 0.481 e. The smallest absolute Gasteiger partial charge is 0.303 e. The molecule has 1 aliphatic heterocycles. The molecular weight excluding hydrogens is 484 g/mol. The molecule has 2 aliphatic rings. The highest BCUT2D eigenvalue weighted by atomic mass is 16.6. The molecule has 0 aromatic carbocycles. The number of nitrogens with one attached hydrogen (secondary N) is 3. The third-order valence-electron chi connectivity index (χ3n) is 5.92. The van der Waals surface area contributed by atoms with Crippen LogP contribution in [0.15, 0.2) is 0 Å². The van der Waals surface area contributed by atoms with E-state index < -0.39 is 85.5 Å². The Morgan fingerprint density at radius 1 is 1.08 bits per heavy atom. The van der Waals surface area contributed by atoms with Gasteiger partial charge in [0.05, 0.1) is 6.61 Å². The van der Waals surface area contributed by atoms with Crippen molar-refractivity contribution in [2.75, 3.05) is 6.61 Å². The Labute approximate surface area is 206 Å². The Balaban J connectivity index is 2.00. The molecule has 2 fully saturated rings. The summed E-state index contributed by atoms with van der Waals surface area (Å²) >= 11 is 0. The van der Waals surface area contributed by atoms with Gasteiger partial charge in [0.1, 0.15) is 42.5 Å². The molecule has 1 saturated carbocycles. The summed E-state index contributed by atoms with van der Waals surface area (Å²) in [5.74, 6) is -4.34. The van der Waals surface area contributed by atoms with Gasteiger partial charge in [-0.05, 0) is 33.1 Å². The fourth-order valence-corrected chi connectivity index (χ4v) is 3.57. The van der Waals surface area contributed by atoms with Crippen LogP contribution in [0, 0.1) is 5.92 Å². The first kappa shape index (κ1) is 29.4. The van der Waals surface area contributed by atoms with E-state index in [9.17, 15) is 39.3 Å². The summed E-state index contributed by atoms with van der Waals surface area (Å²) in [7, 11) is 0. The zero-order valence-electron chi connectivity index (χ0n) is 20.0. The standard InChI is InChI=1S/C21H34N4O11/c1-8(18(31)24-11(17(22)30)5-6-13(27)28)23-19(32)9(2)35-16-14(25-20(33)10-3-4-10)21(34)36-12(7-26)15(16)29/h8-12,14-16,21,26,29,34H,3-7H2,1-2H3,(H2,22,30)(H,23,32)(H,24,31)(H,25,33)(H,27,28)/t8-,9+,11+,12+,14+,15+,16+,21?/m0/s1. The van der Waals surface area contributed by atoms with E-state index in [0.717, 1.165) is 0 Å². The number of carbonyl (C=O) groups excluding carboxylic acids is 4. The highest BCUT2D eigenvalue weighted by molar-refractivity contribution is 5.92. The summed E-state index contributed by atoms with van der Waals surface area (Å²) in [6.45, 7) is 1.95. The molecule has 0 aromatic heterocycles. The molecule has 1 saturated heterocycles. The molecule has 1 heterocycles. The second kappa shape index (κ2) is 12.9. The minimum absolute atomic E-state index is 0.231. The summed E-state index contributed by atoms with van der Waals surface area (Å²) in [5.41, 5.74) is 5.19. The number of rotatable bonds is 13. The van der Waals surface area contributed by atoms with Crippen LogP contribution in [0.3, 0.4) is 0 Å². The molecule has 1 aliphatic carbocycles. The second-order valence-corrected chi connectivity index (χ2v) is 8.92. The summed E-state index contributed by atoms with van der Waals surface area (Å²) in [6.07, 6.45) is -6.32. The van der Waals surface area contributed by atoms with Crippen molar-refractivity contribution in [3.05, 3.63) is 0 Å². The van der Waals surface area contributed by atoms with Gasteiger partial charge in [-0.2, -0.15) is 0 Å². The molecule has 4 amide bonds. The number of carboxylic acids is 1. The molecule has 204 valence electrons. The van der Waals surface area contributed by atoms with E-state index in [1.807, 2.05) is 0 Å². The molecule has 36 heavy (non-hydrogen) atoms. The van der Waals surface area contributed by atoms with Crippen molar-refractivity contribution < 1.29 is 53.9 Å². The molecule has 1 unspecified atom stereocenters. The summed E-state index contributed by atoms with van der Waals surface area (Å²) in [4.78, 5) is 59.5. The lowest BCUT2D eigenvalue weighted by Gasteiger charge is -2.43. The van der Waals surface area contributed by atoms with Crippen LogP contribution in [0.4, 0.5) is 0 Å². The quantitative estimate of drug-likeness (QED) is 0.117. The maximum absolute atomic E-state index is 12.7. The fourth-order valence-electron chi connectivity index (χ4n) is 3.57. The number of hydrogen-bond donors (Lipinski definition) is 8. The van der Waals surface area contributed by atoms with Gasteiger partial charge in [0, 0.05) is 12.3 Å². The lowest BCUT2D eigenvalue weighted by Crippen LogP contribution is -2.66. The van der Waals surface area contributed by atoms with Gasteiger partial charge in [0.25, 0.3) is 0 Å². The van der Waals surface area contributed by atoms with Crippen LogP contribution in [0.2, 0.25) is 0 Å². The highest BCUT2D eigenvalue weighted by Crippen LogP contribution is 2.30. The van der Waals surface area contributed by atoms with Crippen molar-refractivity contribution in [1.82, 2.24) is 16.0 Å². The summed E-state index contributed by atoms with van der Waals surface area (Å²) < 4.78 is 10.8. The van der Waals surface area contributed by atoms with Gasteiger partial charge in [0.2, 0.25) is 23.6 Å². The minimum atomic E-state index is -1.63. The van der Waals surface area contributed by atoms with E-state index in [-0.39, 0.29) is 18.2 Å². The molecular formula is C21H34N4O11. The van der Waals surface area contributed by atoms with Gasteiger partial charge in [-0.1, -0.05) is 0 Å². The monoisotopic (exact) mass is 518 g/mol. The number of carboxylic acid groups (broad SMARTS) is 1. The zero-order chi connectivity index (χ0) is 27.2. The Bertz CT molecular complexity index is 837. The number of hydrogen-bond acceptors (Lipinski definition) is 10. The van der Waals surface area contributed by atoms with Crippen molar-refractivity contribution in [3.8, 4) is 0 Å². The average Bonchev–Trinajstić information content (AvgIpc) is 3.65. The number of ether oxygens (including phenoxy) is 2. The number of aliphatic hydroxyl groups excluding tert-OH is 3. The van der Waals surface area contributed by atoms with Gasteiger partial charge in [0.15, 0.2) is 6.29 Å². The first-order valence-electron chi connectivity index (χ1n) is 11.6. The topological polar surface area (TPSA) is 247 Å². The maximum Gasteiger partial charge on any atom is 0.303 e. The van der Waals surface area contributed by atoms with Gasteiger partial charge in [-0.3, -0.25) is 24.0 Å². The first-order chi connectivity index (χ1) is 16.8. The van der Waals surface area contributed by atoms with Crippen molar-refractivity contribution in [2.24, 2.45) is 11.7 Å². The lowest BCUT2D eigenvalue weighted by molar-refractivity contribution is -0.266. The summed E-state index contributed by atoms with van der Waals surface area (Å²) in [5, 5.41) is 46.3. The van der Waals surface area contributed by atoms with E-state index in [1.165, 1.54) is 13.8 Å². The maximum atomic E-state index is 12.7. The van der Waals surface area contributed by atoms with Crippen molar-refractivity contribution in [1.29, 1.82) is 0 Å². The van der Waals surface area contributed by atoms with E-state index in [1.54, 1.807) is 0 Å². The molecule has 2 rings (SSSR count). The first-order valence-corrected chi connectivity index (χ1v) is 11.6. The number of carbonyl (C=O) groups is 5. The van der Waals surface area contributed by atoms with E-state index >= 15 is 0 Å². The molecule has 15 nitrogen and oxygen atoms in total. The molecule has 9 N–H and O–H groups in total. The molecule has 0 bridgehead atoms. The van der Waals surface area contributed by atoms with Gasteiger partial charge < -0.3 is 51.6 Å². The van der Waals surface area contributed by atoms with Crippen molar-refractivity contribution in [3.63, 3.8) is 0 Å². The molecule has 0 radical (unpaired) electrons. The molecule has 8 atom stereocenters. The number of nitrogens with two attached hydrogens (primary N) is 1. The van der Waals surface area contributed by atoms with E-state index in [0.29, 0.717) is 12.8 Å². The average molecular weight is 519 g/mol. The Kier molecular flexibility index (Phi) is 10.5. The fraction of sp³-hybridized carbons (Fsp3) is 0.762. The van der Waals surface area contributed by atoms with Crippen LogP contribution in [0.25, 0.3) is 0 Å². The molecule has 0 spiro atoms. The lowest BCUT2D eigenvalue weighted by atomic mass is 9.96. The van der Waals surface area contributed by atoms with Crippen LogP contribution in [0.5, 0.6) is 0 Å².